The molecule has 38 heavy (non-hydrogen) atoms. The fourth-order valence-electron chi connectivity index (χ4n) is 3.38. The summed E-state index contributed by atoms with van der Waals surface area (Å²) >= 11 is 2.12. The van der Waals surface area contributed by atoms with Crippen LogP contribution in [0.2, 0.25) is 0 Å². The average molecular weight is 588 g/mol. The average Bonchev–Trinajstić information content (AvgIpc) is 3.13. The second-order valence-electron chi connectivity index (χ2n) is 8.02. The summed E-state index contributed by atoms with van der Waals surface area (Å²) in [5.74, 6) is -0.861. The Hall–Kier alpha value is -2.81. The Bertz CT molecular complexity index is 1320. The molecule has 1 fully saturated rings. The van der Waals surface area contributed by atoms with Gasteiger partial charge in [-0.1, -0.05) is 36.4 Å². The molecule has 2 aromatic carbocycles. The number of nitrogens with one attached hydrogen (secondary N) is 2. The van der Waals surface area contributed by atoms with E-state index in [0.29, 0.717) is 11.8 Å². The maximum atomic E-state index is 13.0. The van der Waals surface area contributed by atoms with Gasteiger partial charge < -0.3 is 5.32 Å². The molecule has 0 spiro atoms. The number of rotatable bonds is 11. The summed E-state index contributed by atoms with van der Waals surface area (Å²) in [5.41, 5.74) is -0.389. The van der Waals surface area contributed by atoms with E-state index in [1.165, 1.54) is 11.8 Å². The van der Waals surface area contributed by atoms with Crippen molar-refractivity contribution in [1.82, 2.24) is 14.9 Å². The summed E-state index contributed by atoms with van der Waals surface area (Å²) in [5, 5.41) is 2.00. The second-order valence-corrected chi connectivity index (χ2v) is 11.7. The van der Waals surface area contributed by atoms with Crippen molar-refractivity contribution in [3.05, 3.63) is 70.6 Å². The number of hydrogen-bond donors (Lipinski definition) is 2. The molecule has 1 aliphatic heterocycles. The minimum absolute atomic E-state index is 0.0621. The van der Waals surface area contributed by atoms with Crippen LogP contribution in [0, 0.1) is 0 Å². The van der Waals surface area contributed by atoms with Gasteiger partial charge in [0, 0.05) is 13.1 Å². The fraction of sp³-hybridized carbons (Fsp3) is 0.292. The van der Waals surface area contributed by atoms with Gasteiger partial charge in [0.2, 0.25) is 15.9 Å². The molecular formula is C24H24F3N3O5S3. The molecule has 0 radical (unpaired) electrons. The lowest BCUT2D eigenvalue weighted by Gasteiger charge is -2.20. The van der Waals surface area contributed by atoms with Gasteiger partial charge in [-0.25, -0.2) is 8.42 Å². The Morgan fingerprint density at radius 3 is 2.50 bits per heavy atom. The zero-order valence-corrected chi connectivity index (χ0v) is 22.5. The van der Waals surface area contributed by atoms with Crippen LogP contribution in [-0.4, -0.2) is 61.5 Å². The summed E-state index contributed by atoms with van der Waals surface area (Å²) in [7, 11) is -4.46. The van der Waals surface area contributed by atoms with Gasteiger partial charge in [0.1, 0.15) is 6.04 Å². The molecule has 1 aliphatic rings. The summed E-state index contributed by atoms with van der Waals surface area (Å²) in [6.45, 7) is -0.283. The molecule has 0 unspecified atom stereocenters. The van der Waals surface area contributed by atoms with E-state index in [1.807, 2.05) is 6.07 Å². The van der Waals surface area contributed by atoms with Crippen molar-refractivity contribution >= 4 is 56.7 Å². The molecule has 0 aliphatic carbocycles. The van der Waals surface area contributed by atoms with Gasteiger partial charge in [0.15, 0.2) is 0 Å². The van der Waals surface area contributed by atoms with Crippen molar-refractivity contribution in [2.75, 3.05) is 25.1 Å². The van der Waals surface area contributed by atoms with Gasteiger partial charge >= 0.3 is 6.18 Å². The predicted octanol–water partition coefficient (Wildman–Crippen LogP) is 3.96. The summed E-state index contributed by atoms with van der Waals surface area (Å²) in [6, 6.07) is 10.9. The lowest BCUT2D eigenvalue weighted by molar-refractivity contribution is -0.137. The molecule has 3 amide bonds. The van der Waals surface area contributed by atoms with Crippen molar-refractivity contribution < 1.29 is 36.0 Å². The maximum Gasteiger partial charge on any atom is 0.416 e. The first-order valence-electron chi connectivity index (χ1n) is 11.2. The summed E-state index contributed by atoms with van der Waals surface area (Å²) < 4.78 is 66.8. The van der Waals surface area contributed by atoms with E-state index in [-0.39, 0.29) is 24.4 Å². The number of nitrogens with zero attached hydrogens (tertiary/aromatic N) is 1. The van der Waals surface area contributed by atoms with Crippen molar-refractivity contribution in [3.63, 3.8) is 0 Å². The van der Waals surface area contributed by atoms with Crippen LogP contribution in [0.5, 0.6) is 0 Å². The number of carbonyl (C=O) groups is 3. The third-order valence-electron chi connectivity index (χ3n) is 5.30. The first kappa shape index (κ1) is 29.7. The van der Waals surface area contributed by atoms with Gasteiger partial charge in [-0.15, -0.1) is 0 Å². The van der Waals surface area contributed by atoms with Crippen molar-refractivity contribution in [3.8, 4) is 0 Å². The largest absolute Gasteiger partial charge is 0.416 e. The minimum Gasteiger partial charge on any atom is -0.353 e. The number of sulfonamides is 1. The van der Waals surface area contributed by atoms with Crippen molar-refractivity contribution in [2.24, 2.45) is 0 Å². The molecule has 2 N–H and O–H groups in total. The molecule has 8 nitrogen and oxygen atoms in total. The molecule has 0 aromatic heterocycles. The highest BCUT2D eigenvalue weighted by Gasteiger charge is 2.35. The molecule has 1 saturated heterocycles. The van der Waals surface area contributed by atoms with Gasteiger partial charge in [0.05, 0.1) is 15.4 Å². The minimum atomic E-state index is -4.74. The highest BCUT2D eigenvalue weighted by atomic mass is 32.2. The topological polar surface area (TPSA) is 113 Å². The van der Waals surface area contributed by atoms with E-state index >= 15 is 0 Å². The third-order valence-corrected chi connectivity index (χ3v) is 8.32. The van der Waals surface area contributed by atoms with Crippen LogP contribution in [0.15, 0.2) is 64.4 Å². The van der Waals surface area contributed by atoms with Crippen LogP contribution in [-0.2, 0) is 25.8 Å². The zero-order chi connectivity index (χ0) is 27.9. The van der Waals surface area contributed by atoms with Gasteiger partial charge in [-0.05, 0) is 60.0 Å². The van der Waals surface area contributed by atoms with Crippen LogP contribution < -0.4 is 10.0 Å². The van der Waals surface area contributed by atoms with E-state index < -0.39 is 49.8 Å². The molecule has 3 rings (SSSR count). The monoisotopic (exact) mass is 587 g/mol. The highest BCUT2D eigenvalue weighted by molar-refractivity contribution is 8.18. The zero-order valence-electron chi connectivity index (χ0n) is 20.0. The lowest BCUT2D eigenvalue weighted by Crippen LogP contribution is -2.48. The van der Waals surface area contributed by atoms with Crippen LogP contribution in [0.3, 0.4) is 0 Å². The van der Waals surface area contributed by atoms with Crippen LogP contribution in [0.1, 0.15) is 17.5 Å². The smallest absolute Gasteiger partial charge is 0.353 e. The van der Waals surface area contributed by atoms with Gasteiger partial charge in [-0.3, -0.25) is 19.3 Å². The van der Waals surface area contributed by atoms with Crippen molar-refractivity contribution in [2.45, 2.75) is 23.5 Å². The Morgan fingerprint density at radius 2 is 1.84 bits per heavy atom. The summed E-state index contributed by atoms with van der Waals surface area (Å²) in [4.78, 5) is 38.3. The SMILES string of the molecule is CSCC[C@H](NS(=O)(=O)c1cccc(C(F)(F)F)c1)C(=O)NCCN1C(=O)S/C(=C/c2ccccc2)C1=O. The van der Waals surface area contributed by atoms with E-state index in [2.05, 4.69) is 10.0 Å². The first-order valence-corrected chi connectivity index (χ1v) is 14.9. The molecule has 1 heterocycles. The maximum absolute atomic E-state index is 13.0. The Labute approximate surface area is 226 Å². The first-order chi connectivity index (χ1) is 17.9. The second kappa shape index (κ2) is 12.8. The third kappa shape index (κ3) is 7.85. The number of amides is 3. The Balaban J connectivity index is 1.64. The number of alkyl halides is 3. The molecular weight excluding hydrogens is 563 g/mol. The van der Waals surface area contributed by atoms with E-state index in [9.17, 15) is 36.0 Å². The normalized spacial score (nSPS) is 16.2. The van der Waals surface area contributed by atoms with Crippen molar-refractivity contribution in [1.29, 1.82) is 0 Å². The highest BCUT2D eigenvalue weighted by Crippen LogP contribution is 2.32. The number of benzene rings is 2. The molecule has 1 atom stereocenters. The number of hydrogen-bond acceptors (Lipinski definition) is 7. The Kier molecular flexibility index (Phi) is 10.0. The van der Waals surface area contributed by atoms with Crippen LogP contribution >= 0.6 is 23.5 Å². The molecule has 204 valence electrons. The standard InChI is InChI=1S/C24H24F3N3O5S3/c1-36-13-10-19(29-38(34,35)18-9-5-8-17(15-18)24(25,26)27)21(31)28-11-12-30-22(32)20(37-23(30)33)14-16-6-3-2-4-7-16/h2-9,14-15,19,29H,10-13H2,1H3,(H,28,31)/b20-14+/t19-/m0/s1. The quantitative estimate of drug-likeness (QED) is 0.383. The van der Waals surface area contributed by atoms with Crippen LogP contribution in [0.4, 0.5) is 18.0 Å². The predicted molar refractivity (Wildman–Crippen MR) is 141 cm³/mol. The van der Waals surface area contributed by atoms with Gasteiger partial charge in [-0.2, -0.15) is 29.7 Å². The summed E-state index contributed by atoms with van der Waals surface area (Å²) in [6.07, 6.45) is -1.34. The molecule has 0 bridgehead atoms. The van der Waals surface area contributed by atoms with Gasteiger partial charge in [0.25, 0.3) is 11.1 Å². The Morgan fingerprint density at radius 1 is 1.13 bits per heavy atom. The number of carbonyl (C=O) groups excluding carboxylic acids is 3. The molecule has 0 saturated carbocycles. The fourth-order valence-corrected chi connectivity index (χ4v) is 5.99. The number of thioether (sulfide) groups is 2. The number of halogens is 3. The van der Waals surface area contributed by atoms with E-state index in [0.717, 1.165) is 40.4 Å². The van der Waals surface area contributed by atoms with E-state index in [4.69, 9.17) is 0 Å². The molecule has 2 aromatic rings. The van der Waals surface area contributed by atoms with Crippen LogP contribution in [0.25, 0.3) is 6.08 Å². The molecule has 14 heteroatoms. The van der Waals surface area contributed by atoms with E-state index in [1.54, 1.807) is 36.6 Å². The lowest BCUT2D eigenvalue weighted by atomic mass is 10.2. The number of imide groups is 1.